The molecule has 2 heterocycles. The maximum Gasteiger partial charge on any atom is 0.228 e. The maximum absolute atomic E-state index is 13.4. The molecule has 0 radical (unpaired) electrons. The summed E-state index contributed by atoms with van der Waals surface area (Å²) >= 11 is 6.07. The van der Waals surface area contributed by atoms with Crippen LogP contribution in [0.15, 0.2) is 42.5 Å². The van der Waals surface area contributed by atoms with Gasteiger partial charge in [-0.1, -0.05) is 23.7 Å². The lowest BCUT2D eigenvalue weighted by atomic mass is 10.0. The molecular formula is C23H25ClN2O4. The van der Waals surface area contributed by atoms with Gasteiger partial charge in [0.05, 0.1) is 26.2 Å². The summed E-state index contributed by atoms with van der Waals surface area (Å²) in [6, 6.07) is 13.0. The van der Waals surface area contributed by atoms with Crippen molar-refractivity contribution in [1.29, 1.82) is 0 Å². The minimum atomic E-state index is -0.350. The van der Waals surface area contributed by atoms with Crippen molar-refractivity contribution < 1.29 is 19.1 Å². The van der Waals surface area contributed by atoms with E-state index in [2.05, 4.69) is 0 Å². The Kier molecular flexibility index (Phi) is 5.86. The SMILES string of the molecule is COc1ccc([C@H]2CCCN2C(=O)[C@@H]2CC(=O)N(c3cccc(Cl)c3)C2)cc1OC. The van der Waals surface area contributed by atoms with E-state index in [-0.39, 0.29) is 30.2 Å². The van der Waals surface area contributed by atoms with Crippen molar-refractivity contribution in [2.45, 2.75) is 25.3 Å². The Bertz CT molecular complexity index is 964. The lowest BCUT2D eigenvalue weighted by Gasteiger charge is -2.28. The third kappa shape index (κ3) is 3.84. The van der Waals surface area contributed by atoms with Crippen LogP contribution in [0.1, 0.15) is 30.9 Å². The number of anilines is 1. The maximum atomic E-state index is 13.4. The van der Waals surface area contributed by atoms with Crippen LogP contribution in [0, 0.1) is 5.92 Å². The summed E-state index contributed by atoms with van der Waals surface area (Å²) in [5, 5.41) is 0.572. The zero-order valence-electron chi connectivity index (χ0n) is 17.1. The number of rotatable bonds is 5. The molecule has 0 aromatic heterocycles. The second kappa shape index (κ2) is 8.56. The van der Waals surface area contributed by atoms with Crippen molar-refractivity contribution in [1.82, 2.24) is 4.90 Å². The second-order valence-electron chi connectivity index (χ2n) is 7.69. The lowest BCUT2D eigenvalue weighted by molar-refractivity contribution is -0.136. The number of halogens is 1. The first-order valence-electron chi connectivity index (χ1n) is 10.1. The normalized spacial score (nSPS) is 21.2. The quantitative estimate of drug-likeness (QED) is 0.720. The van der Waals surface area contributed by atoms with Gasteiger partial charge in [0.15, 0.2) is 11.5 Å². The highest BCUT2D eigenvalue weighted by Gasteiger charge is 2.40. The summed E-state index contributed by atoms with van der Waals surface area (Å²) in [5.41, 5.74) is 1.76. The standard InChI is InChI=1S/C23H25ClN2O4/c1-29-20-9-8-15(11-21(20)30-2)19-7-4-10-25(19)23(28)16-12-22(27)26(14-16)18-6-3-5-17(24)13-18/h3,5-6,8-9,11,13,16,19H,4,7,10,12,14H2,1-2H3/t16-,19-/m1/s1. The predicted molar refractivity (Wildman–Crippen MR) is 115 cm³/mol. The molecule has 7 heteroatoms. The molecule has 2 aromatic rings. The van der Waals surface area contributed by atoms with Gasteiger partial charge in [0.1, 0.15) is 0 Å². The Hall–Kier alpha value is -2.73. The van der Waals surface area contributed by atoms with Gasteiger partial charge in [-0.3, -0.25) is 9.59 Å². The Morgan fingerprint density at radius 2 is 1.90 bits per heavy atom. The lowest BCUT2D eigenvalue weighted by Crippen LogP contribution is -2.37. The fourth-order valence-corrected chi connectivity index (χ4v) is 4.62. The number of methoxy groups -OCH3 is 2. The summed E-state index contributed by atoms with van der Waals surface area (Å²) in [6.07, 6.45) is 2.05. The van der Waals surface area contributed by atoms with Gasteiger partial charge in [-0.15, -0.1) is 0 Å². The molecule has 2 aliphatic rings. The molecule has 2 aliphatic heterocycles. The molecular weight excluding hydrogens is 404 g/mol. The van der Waals surface area contributed by atoms with Crippen LogP contribution in [0.25, 0.3) is 0 Å². The van der Waals surface area contributed by atoms with Crippen LogP contribution in [-0.2, 0) is 9.59 Å². The predicted octanol–water partition coefficient (Wildman–Crippen LogP) is 4.07. The zero-order chi connectivity index (χ0) is 21.3. The molecule has 158 valence electrons. The molecule has 2 amide bonds. The summed E-state index contributed by atoms with van der Waals surface area (Å²) < 4.78 is 10.8. The minimum Gasteiger partial charge on any atom is -0.493 e. The van der Waals surface area contributed by atoms with Gasteiger partial charge in [0, 0.05) is 30.2 Å². The van der Waals surface area contributed by atoms with Crippen LogP contribution < -0.4 is 14.4 Å². The first-order chi connectivity index (χ1) is 14.5. The topological polar surface area (TPSA) is 59.1 Å². The highest BCUT2D eigenvalue weighted by molar-refractivity contribution is 6.31. The number of hydrogen-bond acceptors (Lipinski definition) is 4. The van der Waals surface area contributed by atoms with E-state index in [1.165, 1.54) is 0 Å². The first kappa shape index (κ1) is 20.5. The summed E-state index contributed by atoms with van der Waals surface area (Å²) in [4.78, 5) is 29.5. The summed E-state index contributed by atoms with van der Waals surface area (Å²) in [5.74, 6) is 0.952. The van der Waals surface area contributed by atoms with Crippen LogP contribution in [0.4, 0.5) is 5.69 Å². The smallest absolute Gasteiger partial charge is 0.228 e. The fourth-order valence-electron chi connectivity index (χ4n) is 4.44. The highest BCUT2D eigenvalue weighted by atomic mass is 35.5. The Morgan fingerprint density at radius 3 is 2.63 bits per heavy atom. The van der Waals surface area contributed by atoms with Crippen LogP contribution in [0.2, 0.25) is 5.02 Å². The van der Waals surface area contributed by atoms with Crippen LogP contribution in [-0.4, -0.2) is 44.0 Å². The van der Waals surface area contributed by atoms with Crippen molar-refractivity contribution >= 4 is 29.1 Å². The molecule has 2 fully saturated rings. The third-order valence-electron chi connectivity index (χ3n) is 5.92. The van der Waals surface area contributed by atoms with E-state index in [0.717, 1.165) is 24.1 Å². The van der Waals surface area contributed by atoms with Gasteiger partial charge >= 0.3 is 0 Å². The molecule has 2 saturated heterocycles. The van der Waals surface area contributed by atoms with Crippen molar-refractivity contribution in [3.8, 4) is 11.5 Å². The minimum absolute atomic E-state index is 0.0207. The van der Waals surface area contributed by atoms with Crippen molar-refractivity contribution in [3.05, 3.63) is 53.1 Å². The molecule has 0 N–H and O–H groups in total. The molecule has 0 spiro atoms. The number of carbonyl (C=O) groups is 2. The summed E-state index contributed by atoms with van der Waals surface area (Å²) in [7, 11) is 3.21. The molecule has 30 heavy (non-hydrogen) atoms. The molecule has 2 atom stereocenters. The number of nitrogens with zero attached hydrogens (tertiary/aromatic N) is 2. The van der Waals surface area contributed by atoms with Gasteiger partial charge in [-0.25, -0.2) is 0 Å². The number of likely N-dealkylation sites (tertiary alicyclic amines) is 1. The third-order valence-corrected chi connectivity index (χ3v) is 6.16. The van der Waals surface area contributed by atoms with Crippen molar-refractivity contribution in [2.24, 2.45) is 5.92 Å². The Balaban J connectivity index is 1.52. The van der Waals surface area contributed by atoms with E-state index in [1.807, 2.05) is 35.2 Å². The first-order valence-corrected chi connectivity index (χ1v) is 10.5. The molecule has 6 nitrogen and oxygen atoms in total. The Labute approximate surface area is 181 Å². The fraction of sp³-hybridized carbons (Fsp3) is 0.391. The second-order valence-corrected chi connectivity index (χ2v) is 8.13. The monoisotopic (exact) mass is 428 g/mol. The largest absolute Gasteiger partial charge is 0.493 e. The number of ether oxygens (including phenoxy) is 2. The number of benzene rings is 2. The van der Waals surface area contributed by atoms with Crippen LogP contribution in [0.3, 0.4) is 0 Å². The molecule has 2 aromatic carbocycles. The molecule has 0 bridgehead atoms. The molecule has 0 unspecified atom stereocenters. The van der Waals surface area contributed by atoms with Crippen LogP contribution in [0.5, 0.6) is 11.5 Å². The van der Waals surface area contributed by atoms with Gasteiger partial charge in [0.2, 0.25) is 11.8 Å². The number of carbonyl (C=O) groups excluding carboxylic acids is 2. The van der Waals surface area contributed by atoms with Gasteiger partial charge < -0.3 is 19.3 Å². The Morgan fingerprint density at radius 1 is 1.10 bits per heavy atom. The number of hydrogen-bond donors (Lipinski definition) is 0. The van der Waals surface area contributed by atoms with E-state index in [1.54, 1.807) is 31.3 Å². The van der Waals surface area contributed by atoms with Gasteiger partial charge in [-0.2, -0.15) is 0 Å². The van der Waals surface area contributed by atoms with E-state index in [4.69, 9.17) is 21.1 Å². The number of amides is 2. The average Bonchev–Trinajstić information content (AvgIpc) is 3.39. The van der Waals surface area contributed by atoms with E-state index in [0.29, 0.717) is 29.6 Å². The van der Waals surface area contributed by atoms with E-state index in [9.17, 15) is 9.59 Å². The molecule has 4 rings (SSSR count). The van der Waals surface area contributed by atoms with Crippen LogP contribution >= 0.6 is 11.6 Å². The van der Waals surface area contributed by atoms with Crippen molar-refractivity contribution in [3.63, 3.8) is 0 Å². The molecule has 0 saturated carbocycles. The zero-order valence-corrected chi connectivity index (χ0v) is 17.9. The van der Waals surface area contributed by atoms with Crippen molar-refractivity contribution in [2.75, 3.05) is 32.2 Å². The van der Waals surface area contributed by atoms with Gasteiger partial charge in [0.25, 0.3) is 0 Å². The van der Waals surface area contributed by atoms with Gasteiger partial charge in [-0.05, 0) is 48.7 Å². The molecule has 0 aliphatic carbocycles. The summed E-state index contributed by atoms with van der Waals surface area (Å²) in [6.45, 7) is 1.08. The average molecular weight is 429 g/mol. The van der Waals surface area contributed by atoms with E-state index >= 15 is 0 Å². The highest BCUT2D eigenvalue weighted by Crippen LogP contribution is 2.38. The van der Waals surface area contributed by atoms with E-state index < -0.39 is 0 Å².